The van der Waals surface area contributed by atoms with Crippen LogP contribution < -0.4 is 0 Å². The van der Waals surface area contributed by atoms with Crippen molar-refractivity contribution in [1.82, 2.24) is 0 Å². The van der Waals surface area contributed by atoms with E-state index in [0.717, 1.165) is 30.2 Å². The van der Waals surface area contributed by atoms with Crippen molar-refractivity contribution in [1.29, 1.82) is 5.26 Å². The monoisotopic (exact) mass is 357 g/mol. The van der Waals surface area contributed by atoms with Crippen molar-refractivity contribution in [3.63, 3.8) is 0 Å². The zero-order chi connectivity index (χ0) is 18.4. The lowest BCUT2D eigenvalue weighted by atomic mass is 9.74. The molecule has 2 saturated carbocycles. The summed E-state index contributed by atoms with van der Waals surface area (Å²) in [6, 6.07) is 6.50. The molecule has 0 amide bonds. The lowest BCUT2D eigenvalue weighted by Gasteiger charge is -2.31. The van der Waals surface area contributed by atoms with Crippen LogP contribution >= 0.6 is 0 Å². The fourth-order valence-electron chi connectivity index (χ4n) is 4.87. The average Bonchev–Trinajstić information content (AvgIpc) is 2.68. The molecule has 1 aromatic carbocycles. The van der Waals surface area contributed by atoms with E-state index in [0.29, 0.717) is 11.8 Å². The molecule has 0 atom stereocenters. The van der Waals surface area contributed by atoms with Crippen LogP contribution in [-0.2, 0) is 0 Å². The van der Waals surface area contributed by atoms with Gasteiger partial charge in [0.1, 0.15) is 0 Å². The summed E-state index contributed by atoms with van der Waals surface area (Å²) in [6.07, 6.45) is 16.0. The number of hydrogen-bond acceptors (Lipinski definition) is 1. The van der Waals surface area contributed by atoms with Gasteiger partial charge < -0.3 is 0 Å². The van der Waals surface area contributed by atoms with Crippen molar-refractivity contribution in [2.24, 2.45) is 17.8 Å². The van der Waals surface area contributed by atoms with E-state index in [1.807, 2.05) is 0 Å². The Morgan fingerprint density at radius 2 is 1.50 bits per heavy atom. The highest BCUT2D eigenvalue weighted by Crippen LogP contribution is 2.40. The second-order valence-corrected chi connectivity index (χ2v) is 8.24. The minimum atomic E-state index is -0.750. The Morgan fingerprint density at radius 1 is 0.885 bits per heavy atom. The van der Waals surface area contributed by atoms with E-state index < -0.39 is 11.6 Å². The molecule has 3 heteroatoms. The Bertz CT molecular complexity index is 645. The number of halogens is 2. The molecule has 26 heavy (non-hydrogen) atoms. The highest BCUT2D eigenvalue weighted by molar-refractivity contribution is 5.22. The Hall–Kier alpha value is -1.69. The first-order valence-electron chi connectivity index (χ1n) is 10.2. The molecule has 3 rings (SSSR count). The van der Waals surface area contributed by atoms with Crippen molar-refractivity contribution < 1.29 is 8.78 Å². The van der Waals surface area contributed by atoms with Crippen LogP contribution in [0.2, 0.25) is 0 Å². The van der Waals surface area contributed by atoms with Crippen molar-refractivity contribution in [3.8, 4) is 6.07 Å². The molecule has 0 saturated heterocycles. The van der Waals surface area contributed by atoms with Gasteiger partial charge in [-0.15, -0.1) is 0 Å². The first kappa shape index (κ1) is 19.1. The average molecular weight is 357 g/mol. The summed E-state index contributed by atoms with van der Waals surface area (Å²) in [4.78, 5) is 0. The quantitative estimate of drug-likeness (QED) is 0.525. The van der Waals surface area contributed by atoms with Crippen molar-refractivity contribution >= 4 is 0 Å². The Labute approximate surface area is 156 Å². The maximum Gasteiger partial charge on any atom is 0.159 e. The molecular formula is C23H29F2N. The van der Waals surface area contributed by atoms with Gasteiger partial charge in [0, 0.05) is 6.08 Å². The van der Waals surface area contributed by atoms with Crippen LogP contribution in [0.4, 0.5) is 8.78 Å². The molecule has 0 unspecified atom stereocenters. The van der Waals surface area contributed by atoms with Gasteiger partial charge in [0.05, 0.1) is 6.07 Å². The highest BCUT2D eigenvalue weighted by Gasteiger charge is 2.25. The third-order valence-electron chi connectivity index (χ3n) is 6.58. The van der Waals surface area contributed by atoms with Gasteiger partial charge in [0.2, 0.25) is 0 Å². The van der Waals surface area contributed by atoms with E-state index >= 15 is 0 Å². The van der Waals surface area contributed by atoms with E-state index in [4.69, 9.17) is 5.26 Å². The van der Waals surface area contributed by atoms with Gasteiger partial charge >= 0.3 is 0 Å². The van der Waals surface area contributed by atoms with Gasteiger partial charge in [-0.1, -0.05) is 25.0 Å². The number of allylic oxidation sites excluding steroid dienone is 2. The third-order valence-corrected chi connectivity index (χ3v) is 6.58. The van der Waals surface area contributed by atoms with Crippen molar-refractivity contribution in [2.75, 3.05) is 0 Å². The summed E-state index contributed by atoms with van der Waals surface area (Å²) in [5.41, 5.74) is 0.964. The summed E-state index contributed by atoms with van der Waals surface area (Å²) in [7, 11) is 0. The normalized spacial score (nSPS) is 29.6. The van der Waals surface area contributed by atoms with Gasteiger partial charge in [0.25, 0.3) is 0 Å². The van der Waals surface area contributed by atoms with Crippen LogP contribution in [-0.4, -0.2) is 0 Å². The maximum absolute atomic E-state index is 13.4. The van der Waals surface area contributed by atoms with Crippen LogP contribution in [0.5, 0.6) is 0 Å². The molecule has 0 radical (unpaired) electrons. The largest absolute Gasteiger partial charge is 0.204 e. The molecule has 2 aliphatic rings. The minimum Gasteiger partial charge on any atom is -0.204 e. The van der Waals surface area contributed by atoms with Crippen LogP contribution in [0.3, 0.4) is 0 Å². The molecule has 2 fully saturated rings. The standard InChI is InChI=1S/C23H29F2N/c24-22-14-13-21(16-23(22)25)20-11-9-19(10-12-20)8-7-18-5-3-17(4-6-18)2-1-15-26/h1-2,13-14,16-20H,3-12H2/b2-1+/t17-,18-,19-,20-. The molecule has 0 heterocycles. The summed E-state index contributed by atoms with van der Waals surface area (Å²) < 4.78 is 26.5. The Morgan fingerprint density at radius 3 is 2.08 bits per heavy atom. The third kappa shape index (κ3) is 5.16. The van der Waals surface area contributed by atoms with Crippen molar-refractivity contribution in [2.45, 2.75) is 70.1 Å². The van der Waals surface area contributed by atoms with Crippen LogP contribution in [0.25, 0.3) is 0 Å². The Balaban J connectivity index is 1.38. The van der Waals surface area contributed by atoms with E-state index in [9.17, 15) is 8.78 Å². The molecule has 0 spiro atoms. The molecular weight excluding hydrogens is 328 g/mol. The zero-order valence-corrected chi connectivity index (χ0v) is 15.5. The lowest BCUT2D eigenvalue weighted by molar-refractivity contribution is 0.246. The Kier molecular flexibility index (Phi) is 6.83. The molecule has 0 aliphatic heterocycles. The maximum atomic E-state index is 13.4. The lowest BCUT2D eigenvalue weighted by Crippen LogP contribution is -2.17. The van der Waals surface area contributed by atoms with E-state index in [2.05, 4.69) is 12.1 Å². The number of nitriles is 1. The predicted octanol–water partition coefficient (Wildman–Crippen LogP) is 6.90. The van der Waals surface area contributed by atoms with Gasteiger partial charge in [0.15, 0.2) is 11.6 Å². The first-order chi connectivity index (χ1) is 12.7. The zero-order valence-electron chi connectivity index (χ0n) is 15.5. The van der Waals surface area contributed by atoms with Crippen LogP contribution in [0.15, 0.2) is 30.4 Å². The van der Waals surface area contributed by atoms with Gasteiger partial charge in [-0.05, 0) is 92.7 Å². The molecule has 140 valence electrons. The fourth-order valence-corrected chi connectivity index (χ4v) is 4.87. The first-order valence-corrected chi connectivity index (χ1v) is 10.2. The molecule has 0 N–H and O–H groups in total. The van der Waals surface area contributed by atoms with Crippen LogP contribution in [0, 0.1) is 40.7 Å². The fraction of sp³-hybridized carbons (Fsp3) is 0.609. The number of benzene rings is 1. The predicted molar refractivity (Wildman–Crippen MR) is 100 cm³/mol. The summed E-state index contributed by atoms with van der Waals surface area (Å²) in [6.45, 7) is 0. The van der Waals surface area contributed by atoms with E-state index in [1.54, 1.807) is 12.1 Å². The molecule has 1 aromatic rings. The minimum absolute atomic E-state index is 0.392. The number of nitrogens with zero attached hydrogens (tertiary/aromatic N) is 1. The van der Waals surface area contributed by atoms with E-state index in [1.165, 1.54) is 63.5 Å². The summed E-state index contributed by atoms with van der Waals surface area (Å²) in [5, 5.41) is 8.62. The second kappa shape index (κ2) is 9.31. The molecule has 0 bridgehead atoms. The van der Waals surface area contributed by atoms with Crippen LogP contribution in [0.1, 0.15) is 75.7 Å². The van der Waals surface area contributed by atoms with Gasteiger partial charge in [-0.3, -0.25) is 0 Å². The van der Waals surface area contributed by atoms with Crippen molar-refractivity contribution in [3.05, 3.63) is 47.5 Å². The highest BCUT2D eigenvalue weighted by atomic mass is 19.2. The number of rotatable bonds is 5. The van der Waals surface area contributed by atoms with Gasteiger partial charge in [-0.2, -0.15) is 5.26 Å². The number of hydrogen-bond donors (Lipinski definition) is 0. The molecule has 1 nitrogen and oxygen atoms in total. The summed E-state index contributed by atoms with van der Waals surface area (Å²) >= 11 is 0. The topological polar surface area (TPSA) is 23.8 Å². The second-order valence-electron chi connectivity index (χ2n) is 8.24. The SMILES string of the molecule is N#C/C=C/[C@H]1CC[C@H](CC[C@H]2CC[C@H](c3ccc(F)c(F)c3)CC2)CC1. The molecule has 0 aromatic heterocycles. The van der Waals surface area contributed by atoms with E-state index in [-0.39, 0.29) is 0 Å². The summed E-state index contributed by atoms with van der Waals surface area (Å²) in [5.74, 6) is 1.18. The smallest absolute Gasteiger partial charge is 0.159 e. The molecule has 2 aliphatic carbocycles. The van der Waals surface area contributed by atoms with Gasteiger partial charge in [-0.25, -0.2) is 8.78 Å².